The van der Waals surface area contributed by atoms with E-state index in [1.54, 1.807) is 0 Å². The van der Waals surface area contributed by atoms with E-state index in [0.717, 1.165) is 12.3 Å². The lowest BCUT2D eigenvalue weighted by Crippen LogP contribution is -2.44. The number of aromatic nitrogens is 2. The molecule has 0 spiro atoms. The number of halogens is 5. The Morgan fingerprint density at radius 3 is 2.41 bits per heavy atom. The van der Waals surface area contributed by atoms with Crippen LogP contribution in [0, 0.1) is 5.82 Å². The Kier molecular flexibility index (Phi) is 6.48. The second-order valence-corrected chi connectivity index (χ2v) is 6.12. The standard InChI is InChI=1S/C17H18F4N4O.ClH/c1-22-11-6-8-24(9-7-11)16(26)12-10-23-25(15(12)17(19,20)21)14-5-3-2-4-13(14)18;/h2-5,10-11,22H,6-9H2,1H3;1H. The summed E-state index contributed by atoms with van der Waals surface area (Å²) in [4.78, 5) is 14.0. The smallest absolute Gasteiger partial charge is 0.338 e. The van der Waals surface area contributed by atoms with E-state index in [9.17, 15) is 22.4 Å². The van der Waals surface area contributed by atoms with Gasteiger partial charge in [-0.05, 0) is 32.0 Å². The number of alkyl halides is 3. The predicted octanol–water partition coefficient (Wildman–Crippen LogP) is 3.28. The van der Waals surface area contributed by atoms with Crippen molar-refractivity contribution in [1.29, 1.82) is 0 Å². The van der Waals surface area contributed by atoms with Crippen molar-refractivity contribution in [2.24, 2.45) is 0 Å². The van der Waals surface area contributed by atoms with Crippen molar-refractivity contribution in [2.75, 3.05) is 20.1 Å². The first-order chi connectivity index (χ1) is 12.3. The molecule has 1 fully saturated rings. The molecule has 0 bridgehead atoms. The number of piperidine rings is 1. The van der Waals surface area contributed by atoms with Gasteiger partial charge in [0.05, 0.1) is 11.8 Å². The molecule has 0 aliphatic carbocycles. The number of carbonyl (C=O) groups is 1. The molecule has 3 rings (SSSR count). The molecule has 0 unspecified atom stereocenters. The van der Waals surface area contributed by atoms with Crippen molar-refractivity contribution in [3.63, 3.8) is 0 Å². The molecule has 2 heterocycles. The van der Waals surface area contributed by atoms with E-state index in [1.165, 1.54) is 23.1 Å². The first-order valence-electron chi connectivity index (χ1n) is 8.19. The quantitative estimate of drug-likeness (QED) is 0.796. The van der Waals surface area contributed by atoms with Gasteiger partial charge < -0.3 is 10.2 Å². The molecule has 5 nitrogen and oxygen atoms in total. The minimum Gasteiger partial charge on any atom is -0.338 e. The van der Waals surface area contributed by atoms with Gasteiger partial charge in [0, 0.05) is 19.1 Å². The van der Waals surface area contributed by atoms with Gasteiger partial charge in [0.2, 0.25) is 0 Å². The van der Waals surface area contributed by atoms with Crippen LogP contribution in [0.4, 0.5) is 17.6 Å². The first-order valence-corrected chi connectivity index (χ1v) is 8.19. The van der Waals surface area contributed by atoms with Crippen LogP contribution in [0.2, 0.25) is 0 Å². The largest absolute Gasteiger partial charge is 0.434 e. The molecule has 1 saturated heterocycles. The summed E-state index contributed by atoms with van der Waals surface area (Å²) in [5, 5.41) is 6.75. The number of likely N-dealkylation sites (tertiary alicyclic amines) is 1. The first kappa shape index (κ1) is 21.2. The molecule has 27 heavy (non-hydrogen) atoms. The van der Waals surface area contributed by atoms with E-state index < -0.39 is 29.2 Å². The number of amides is 1. The molecule has 0 radical (unpaired) electrons. The zero-order chi connectivity index (χ0) is 18.9. The summed E-state index contributed by atoms with van der Waals surface area (Å²) in [6.45, 7) is 0.707. The summed E-state index contributed by atoms with van der Waals surface area (Å²) in [5.41, 5.74) is -2.18. The van der Waals surface area contributed by atoms with Crippen molar-refractivity contribution in [2.45, 2.75) is 25.1 Å². The Morgan fingerprint density at radius 1 is 1.22 bits per heavy atom. The summed E-state index contributed by atoms with van der Waals surface area (Å²) in [7, 11) is 1.81. The van der Waals surface area contributed by atoms with Gasteiger partial charge in [-0.25, -0.2) is 9.07 Å². The van der Waals surface area contributed by atoms with Crippen LogP contribution >= 0.6 is 12.4 Å². The third kappa shape index (κ3) is 4.24. The Balaban J connectivity index is 0.00000261. The van der Waals surface area contributed by atoms with Gasteiger partial charge in [0.15, 0.2) is 5.69 Å². The fourth-order valence-corrected chi connectivity index (χ4v) is 3.13. The summed E-state index contributed by atoms with van der Waals surface area (Å²) in [6.07, 6.45) is -2.68. The maximum Gasteiger partial charge on any atom is 0.434 e. The third-order valence-corrected chi connectivity index (χ3v) is 4.54. The minimum absolute atomic E-state index is 0. The Labute approximate surface area is 159 Å². The van der Waals surface area contributed by atoms with Gasteiger partial charge in [0.1, 0.15) is 11.5 Å². The van der Waals surface area contributed by atoms with E-state index in [-0.39, 0.29) is 24.1 Å². The second-order valence-electron chi connectivity index (χ2n) is 6.12. The molecule has 1 aromatic carbocycles. The van der Waals surface area contributed by atoms with Gasteiger partial charge in [-0.15, -0.1) is 12.4 Å². The number of hydrogen-bond acceptors (Lipinski definition) is 3. The van der Waals surface area contributed by atoms with Crippen molar-refractivity contribution in [3.8, 4) is 5.69 Å². The molecule has 1 amide bonds. The number of para-hydroxylation sites is 1. The minimum atomic E-state index is -4.85. The monoisotopic (exact) mass is 406 g/mol. The molecular weight excluding hydrogens is 388 g/mol. The van der Waals surface area contributed by atoms with Crippen LogP contribution in [0.25, 0.3) is 5.69 Å². The zero-order valence-electron chi connectivity index (χ0n) is 14.5. The van der Waals surface area contributed by atoms with Crippen molar-refractivity contribution in [3.05, 3.63) is 47.5 Å². The lowest BCUT2D eigenvalue weighted by Gasteiger charge is -2.31. The summed E-state index contributed by atoms with van der Waals surface area (Å²) in [5.74, 6) is -1.59. The van der Waals surface area contributed by atoms with Crippen LogP contribution in [0.5, 0.6) is 0 Å². The highest BCUT2D eigenvalue weighted by Crippen LogP contribution is 2.35. The van der Waals surface area contributed by atoms with Crippen molar-refractivity contribution < 1.29 is 22.4 Å². The normalized spacial score (nSPS) is 15.5. The lowest BCUT2D eigenvalue weighted by molar-refractivity contribution is -0.143. The molecule has 1 aliphatic heterocycles. The zero-order valence-corrected chi connectivity index (χ0v) is 15.3. The SMILES string of the molecule is CNC1CCN(C(=O)c2cnn(-c3ccccc3F)c2C(F)(F)F)CC1.Cl. The van der Waals surface area contributed by atoms with E-state index >= 15 is 0 Å². The van der Waals surface area contributed by atoms with Gasteiger partial charge in [-0.1, -0.05) is 12.1 Å². The summed E-state index contributed by atoms with van der Waals surface area (Å²) < 4.78 is 55.3. The van der Waals surface area contributed by atoms with Crippen molar-refractivity contribution in [1.82, 2.24) is 20.0 Å². The van der Waals surface area contributed by atoms with E-state index in [1.807, 2.05) is 7.05 Å². The molecule has 1 N–H and O–H groups in total. The van der Waals surface area contributed by atoms with E-state index in [2.05, 4.69) is 10.4 Å². The van der Waals surface area contributed by atoms with Crippen LogP contribution in [0.1, 0.15) is 28.9 Å². The highest BCUT2D eigenvalue weighted by atomic mass is 35.5. The van der Waals surface area contributed by atoms with Crippen LogP contribution in [0.3, 0.4) is 0 Å². The molecule has 0 atom stereocenters. The Bertz CT molecular complexity index is 800. The highest BCUT2D eigenvalue weighted by molar-refractivity contribution is 5.95. The molecule has 10 heteroatoms. The number of nitrogens with one attached hydrogen (secondary N) is 1. The number of nitrogens with zero attached hydrogens (tertiary/aromatic N) is 3. The fourth-order valence-electron chi connectivity index (χ4n) is 3.13. The topological polar surface area (TPSA) is 50.2 Å². The maximum absolute atomic E-state index is 14.0. The second kappa shape index (κ2) is 8.26. The molecule has 148 valence electrons. The maximum atomic E-state index is 14.0. The third-order valence-electron chi connectivity index (χ3n) is 4.54. The Morgan fingerprint density at radius 2 is 1.85 bits per heavy atom. The van der Waals surface area contributed by atoms with E-state index in [0.29, 0.717) is 30.6 Å². The van der Waals surface area contributed by atoms with Crippen LogP contribution in [0.15, 0.2) is 30.5 Å². The average Bonchev–Trinajstić information content (AvgIpc) is 3.07. The summed E-state index contributed by atoms with van der Waals surface area (Å²) in [6, 6.07) is 5.24. The van der Waals surface area contributed by atoms with Gasteiger partial charge in [-0.2, -0.15) is 18.3 Å². The van der Waals surface area contributed by atoms with E-state index in [4.69, 9.17) is 0 Å². The average molecular weight is 407 g/mol. The molecule has 0 saturated carbocycles. The van der Waals surface area contributed by atoms with Crippen molar-refractivity contribution >= 4 is 18.3 Å². The highest BCUT2D eigenvalue weighted by Gasteiger charge is 2.42. The number of rotatable bonds is 3. The predicted molar refractivity (Wildman–Crippen MR) is 93.8 cm³/mol. The van der Waals surface area contributed by atoms with Gasteiger partial charge in [0.25, 0.3) is 5.91 Å². The number of benzene rings is 1. The van der Waals surface area contributed by atoms with Crippen LogP contribution in [-0.4, -0.2) is 46.8 Å². The fraction of sp³-hybridized carbons (Fsp3) is 0.412. The van der Waals surface area contributed by atoms with Gasteiger partial charge in [-0.3, -0.25) is 4.79 Å². The lowest BCUT2D eigenvalue weighted by atomic mass is 10.0. The number of carbonyl (C=O) groups excluding carboxylic acids is 1. The molecule has 2 aromatic rings. The van der Waals surface area contributed by atoms with Gasteiger partial charge >= 0.3 is 6.18 Å². The molecular formula is C17H19ClF4N4O. The molecule has 1 aliphatic rings. The molecule has 1 aromatic heterocycles. The Hall–Kier alpha value is -2.13. The summed E-state index contributed by atoms with van der Waals surface area (Å²) >= 11 is 0. The van der Waals surface area contributed by atoms with Crippen LogP contribution < -0.4 is 5.32 Å². The number of hydrogen-bond donors (Lipinski definition) is 1. The van der Waals surface area contributed by atoms with Crippen LogP contribution in [-0.2, 0) is 6.18 Å².